The Bertz CT molecular complexity index is 1200. The molecule has 0 unspecified atom stereocenters. The van der Waals surface area contributed by atoms with Crippen LogP contribution in [0.1, 0.15) is 35.4 Å². The summed E-state index contributed by atoms with van der Waals surface area (Å²) in [5.74, 6) is 0.825. The molecule has 31 heavy (non-hydrogen) atoms. The SMILES string of the molecule is O=C(c1ccc2c(=O)n3c(nc2c1)CCCCC3)N1CCN(c2ccccc2Cl)CC1. The van der Waals surface area contributed by atoms with Crippen molar-refractivity contribution in [1.29, 1.82) is 0 Å². The monoisotopic (exact) mass is 436 g/mol. The number of aryl methyl sites for hydroxylation is 1. The molecule has 0 N–H and O–H groups in total. The Morgan fingerprint density at radius 1 is 0.935 bits per heavy atom. The predicted octanol–water partition coefficient (Wildman–Crippen LogP) is 3.74. The number of rotatable bonds is 2. The van der Waals surface area contributed by atoms with E-state index in [1.54, 1.807) is 18.2 Å². The number of halogens is 1. The number of para-hydroxylation sites is 1. The van der Waals surface area contributed by atoms with E-state index in [0.717, 1.165) is 61.9 Å². The summed E-state index contributed by atoms with van der Waals surface area (Å²) < 4.78 is 1.81. The van der Waals surface area contributed by atoms with E-state index in [2.05, 4.69) is 4.90 Å². The van der Waals surface area contributed by atoms with Gasteiger partial charge in [0.2, 0.25) is 0 Å². The Morgan fingerprint density at radius 2 is 1.74 bits per heavy atom. The highest BCUT2D eigenvalue weighted by molar-refractivity contribution is 6.33. The maximum Gasteiger partial charge on any atom is 0.261 e. The minimum absolute atomic E-state index is 0.00857. The minimum atomic E-state index is -0.0162. The van der Waals surface area contributed by atoms with Gasteiger partial charge in [0.25, 0.3) is 11.5 Å². The smallest absolute Gasteiger partial charge is 0.261 e. The molecule has 1 amide bonds. The third kappa shape index (κ3) is 3.81. The van der Waals surface area contributed by atoms with Gasteiger partial charge < -0.3 is 9.80 Å². The van der Waals surface area contributed by atoms with Gasteiger partial charge in [-0.2, -0.15) is 0 Å². The number of benzene rings is 2. The normalized spacial score (nSPS) is 16.8. The number of carbonyl (C=O) groups is 1. The van der Waals surface area contributed by atoms with Crippen molar-refractivity contribution in [3.8, 4) is 0 Å². The Kier molecular flexibility index (Phi) is 5.40. The van der Waals surface area contributed by atoms with E-state index < -0.39 is 0 Å². The van der Waals surface area contributed by atoms with Gasteiger partial charge in [0.05, 0.1) is 21.6 Å². The minimum Gasteiger partial charge on any atom is -0.367 e. The maximum atomic E-state index is 13.2. The number of carbonyl (C=O) groups excluding carboxylic acids is 1. The van der Waals surface area contributed by atoms with E-state index in [1.165, 1.54) is 0 Å². The van der Waals surface area contributed by atoms with Crippen LogP contribution < -0.4 is 10.5 Å². The van der Waals surface area contributed by atoms with Crippen molar-refractivity contribution >= 4 is 34.1 Å². The molecule has 160 valence electrons. The molecule has 3 heterocycles. The fourth-order valence-corrected chi connectivity index (χ4v) is 4.85. The molecule has 0 bridgehead atoms. The molecular formula is C24H25ClN4O2. The van der Waals surface area contributed by atoms with Gasteiger partial charge in [-0.25, -0.2) is 4.98 Å². The van der Waals surface area contributed by atoms with Crippen LogP contribution in [0.2, 0.25) is 5.02 Å². The molecule has 7 heteroatoms. The molecule has 0 spiro atoms. The molecule has 2 aliphatic rings. The summed E-state index contributed by atoms with van der Waals surface area (Å²) in [6.07, 6.45) is 3.99. The first-order valence-electron chi connectivity index (χ1n) is 10.9. The molecule has 0 radical (unpaired) electrons. The zero-order chi connectivity index (χ0) is 21.4. The van der Waals surface area contributed by atoms with Crippen LogP contribution in [0.5, 0.6) is 0 Å². The lowest BCUT2D eigenvalue weighted by atomic mass is 10.1. The Morgan fingerprint density at radius 3 is 2.55 bits per heavy atom. The highest BCUT2D eigenvalue weighted by Crippen LogP contribution is 2.26. The van der Waals surface area contributed by atoms with Gasteiger partial charge in [-0.3, -0.25) is 14.2 Å². The average molecular weight is 437 g/mol. The van der Waals surface area contributed by atoms with Gasteiger partial charge in [-0.05, 0) is 43.2 Å². The lowest BCUT2D eigenvalue weighted by molar-refractivity contribution is 0.0747. The van der Waals surface area contributed by atoms with Crippen LogP contribution in [0.25, 0.3) is 10.9 Å². The summed E-state index contributed by atoms with van der Waals surface area (Å²) in [6.45, 7) is 3.45. The van der Waals surface area contributed by atoms with Crippen molar-refractivity contribution in [2.45, 2.75) is 32.2 Å². The van der Waals surface area contributed by atoms with Gasteiger partial charge in [0.15, 0.2) is 0 Å². The third-order valence-electron chi connectivity index (χ3n) is 6.32. The Balaban J connectivity index is 1.37. The molecule has 5 rings (SSSR count). The molecule has 6 nitrogen and oxygen atoms in total. The van der Waals surface area contributed by atoms with Gasteiger partial charge in [-0.1, -0.05) is 30.2 Å². The van der Waals surface area contributed by atoms with Crippen molar-refractivity contribution in [3.05, 3.63) is 69.2 Å². The van der Waals surface area contributed by atoms with E-state index in [9.17, 15) is 9.59 Å². The molecule has 2 aliphatic heterocycles. The number of hydrogen-bond acceptors (Lipinski definition) is 4. The zero-order valence-corrected chi connectivity index (χ0v) is 18.1. The van der Waals surface area contributed by atoms with Crippen LogP contribution in [0.3, 0.4) is 0 Å². The summed E-state index contributed by atoms with van der Waals surface area (Å²) in [5.41, 5.74) is 2.23. The summed E-state index contributed by atoms with van der Waals surface area (Å²) in [4.78, 5) is 34.9. The van der Waals surface area contributed by atoms with Crippen molar-refractivity contribution in [2.24, 2.45) is 0 Å². The molecule has 3 aromatic rings. The first kappa shape index (κ1) is 20.1. The molecule has 0 saturated carbocycles. The summed E-state index contributed by atoms with van der Waals surface area (Å²) in [6, 6.07) is 13.1. The van der Waals surface area contributed by atoms with Crippen LogP contribution in [-0.4, -0.2) is 46.5 Å². The summed E-state index contributed by atoms with van der Waals surface area (Å²) in [5, 5.41) is 1.32. The van der Waals surface area contributed by atoms with Crippen molar-refractivity contribution < 1.29 is 4.79 Å². The van der Waals surface area contributed by atoms with Crippen LogP contribution in [0.15, 0.2) is 47.3 Å². The van der Waals surface area contributed by atoms with Gasteiger partial charge in [0.1, 0.15) is 5.82 Å². The zero-order valence-electron chi connectivity index (χ0n) is 17.4. The molecule has 1 fully saturated rings. The number of fused-ring (bicyclic) bond motifs is 2. The second-order valence-electron chi connectivity index (χ2n) is 8.26. The molecule has 2 aromatic carbocycles. The number of nitrogens with zero attached hydrogens (tertiary/aromatic N) is 4. The van der Waals surface area contributed by atoms with Gasteiger partial charge in [0, 0.05) is 44.7 Å². The Hall–Kier alpha value is -2.86. The topological polar surface area (TPSA) is 58.4 Å². The fourth-order valence-electron chi connectivity index (χ4n) is 4.59. The average Bonchev–Trinajstić information content (AvgIpc) is 3.05. The van der Waals surface area contributed by atoms with Crippen LogP contribution in [0.4, 0.5) is 5.69 Å². The highest BCUT2D eigenvalue weighted by Gasteiger charge is 2.24. The van der Waals surface area contributed by atoms with Gasteiger partial charge in [-0.15, -0.1) is 0 Å². The molecular weight excluding hydrogens is 412 g/mol. The fraction of sp³-hybridized carbons (Fsp3) is 0.375. The van der Waals surface area contributed by atoms with Gasteiger partial charge >= 0.3 is 0 Å². The lowest BCUT2D eigenvalue weighted by Crippen LogP contribution is -2.48. The van der Waals surface area contributed by atoms with E-state index in [4.69, 9.17) is 16.6 Å². The predicted molar refractivity (Wildman–Crippen MR) is 123 cm³/mol. The van der Waals surface area contributed by atoms with E-state index in [0.29, 0.717) is 29.6 Å². The second-order valence-corrected chi connectivity index (χ2v) is 8.67. The van der Waals surface area contributed by atoms with E-state index in [1.807, 2.05) is 33.7 Å². The summed E-state index contributed by atoms with van der Waals surface area (Å²) in [7, 11) is 0. The first-order valence-corrected chi connectivity index (χ1v) is 11.3. The van der Waals surface area contributed by atoms with Crippen molar-refractivity contribution in [1.82, 2.24) is 14.5 Å². The molecule has 1 saturated heterocycles. The van der Waals surface area contributed by atoms with Crippen LogP contribution in [-0.2, 0) is 13.0 Å². The van der Waals surface area contributed by atoms with E-state index in [-0.39, 0.29) is 11.5 Å². The molecule has 1 aromatic heterocycles. The number of hydrogen-bond donors (Lipinski definition) is 0. The third-order valence-corrected chi connectivity index (χ3v) is 6.64. The largest absolute Gasteiger partial charge is 0.367 e. The number of aromatic nitrogens is 2. The number of anilines is 1. The first-order chi connectivity index (χ1) is 15.1. The van der Waals surface area contributed by atoms with Crippen molar-refractivity contribution in [3.63, 3.8) is 0 Å². The maximum absolute atomic E-state index is 13.2. The molecule has 0 atom stereocenters. The lowest BCUT2D eigenvalue weighted by Gasteiger charge is -2.36. The van der Waals surface area contributed by atoms with E-state index >= 15 is 0 Å². The second kappa shape index (κ2) is 8.35. The van der Waals surface area contributed by atoms with Crippen LogP contribution in [0, 0.1) is 0 Å². The Labute approximate surface area is 186 Å². The molecule has 0 aliphatic carbocycles. The van der Waals surface area contributed by atoms with Crippen LogP contribution >= 0.6 is 11.6 Å². The standard InChI is InChI=1S/C24H25ClN4O2/c25-19-6-3-4-7-21(19)27-12-14-28(15-13-27)23(30)17-9-10-18-20(16-17)26-22-8-2-1-5-11-29(22)24(18)31/h3-4,6-7,9-10,16H,1-2,5,8,11-15H2. The highest BCUT2D eigenvalue weighted by atomic mass is 35.5. The quantitative estimate of drug-likeness (QED) is 0.614. The number of piperazine rings is 1. The number of amides is 1. The summed E-state index contributed by atoms with van der Waals surface area (Å²) >= 11 is 6.32. The van der Waals surface area contributed by atoms with Crippen molar-refractivity contribution in [2.75, 3.05) is 31.1 Å².